The van der Waals surface area contributed by atoms with Gasteiger partial charge in [-0.15, -0.1) is 0 Å². The van der Waals surface area contributed by atoms with Crippen molar-refractivity contribution in [2.45, 2.75) is 12.8 Å². The molecule has 2 aromatic rings. The third-order valence-electron chi connectivity index (χ3n) is 3.95. The topological polar surface area (TPSA) is 66.8 Å². The number of benzene rings is 1. The van der Waals surface area contributed by atoms with Crippen LogP contribution in [0, 0.1) is 5.92 Å². The molecule has 23 heavy (non-hydrogen) atoms. The Labute approximate surface area is 134 Å². The molecule has 0 atom stereocenters. The van der Waals surface area contributed by atoms with Crippen LogP contribution in [0.2, 0.25) is 0 Å². The van der Waals surface area contributed by atoms with Crippen molar-refractivity contribution in [1.29, 1.82) is 0 Å². The highest BCUT2D eigenvalue weighted by molar-refractivity contribution is 5.95. The first-order valence-electron chi connectivity index (χ1n) is 7.29. The molecule has 6 nitrogen and oxygen atoms in total. The first kappa shape index (κ1) is 16.9. The summed E-state index contributed by atoms with van der Waals surface area (Å²) >= 11 is 0. The fourth-order valence-corrected chi connectivity index (χ4v) is 2.70. The van der Waals surface area contributed by atoms with Crippen LogP contribution in [0.4, 0.5) is 0 Å². The summed E-state index contributed by atoms with van der Waals surface area (Å²) in [6, 6.07) is 5.84. The lowest BCUT2D eigenvalue weighted by Crippen LogP contribution is -2.27. The molecule has 0 saturated heterocycles. The molecule has 0 amide bonds. The van der Waals surface area contributed by atoms with Crippen LogP contribution in [0.1, 0.15) is 12.0 Å². The predicted molar refractivity (Wildman–Crippen MR) is 85.3 cm³/mol. The van der Waals surface area contributed by atoms with Crippen LogP contribution in [0.3, 0.4) is 0 Å². The Bertz CT molecular complexity index is 703. The summed E-state index contributed by atoms with van der Waals surface area (Å²) in [7, 11) is 6.10. The highest BCUT2D eigenvalue weighted by atomic mass is 16.5. The standard InChI is InChI=1S/C17H21NO5/c1-18-10-11(14-9-12(21-2)6-8-15(14)18)5-7-13(16(19)22-3)17(20)23-4/h6,8-10,13H,5,7H2,1-4H3. The van der Waals surface area contributed by atoms with Gasteiger partial charge in [0.15, 0.2) is 5.92 Å². The van der Waals surface area contributed by atoms with E-state index in [1.807, 2.05) is 36.0 Å². The maximum Gasteiger partial charge on any atom is 0.320 e. The third kappa shape index (κ3) is 3.47. The first-order chi connectivity index (χ1) is 11.0. The third-order valence-corrected chi connectivity index (χ3v) is 3.95. The maximum absolute atomic E-state index is 11.8. The lowest BCUT2D eigenvalue weighted by Gasteiger charge is -2.11. The predicted octanol–water partition coefficient (Wildman–Crippen LogP) is 2.08. The number of aryl methyl sites for hydroxylation is 2. The van der Waals surface area contributed by atoms with E-state index in [0.29, 0.717) is 12.8 Å². The summed E-state index contributed by atoms with van der Waals surface area (Å²) < 4.78 is 16.7. The largest absolute Gasteiger partial charge is 0.497 e. The summed E-state index contributed by atoms with van der Waals surface area (Å²) in [5.41, 5.74) is 2.10. The van der Waals surface area contributed by atoms with Crippen molar-refractivity contribution in [1.82, 2.24) is 4.57 Å². The van der Waals surface area contributed by atoms with Crippen LogP contribution < -0.4 is 4.74 Å². The van der Waals surface area contributed by atoms with Gasteiger partial charge in [-0.05, 0) is 36.6 Å². The SMILES string of the molecule is COC(=O)C(CCc1cn(C)c2ccc(OC)cc12)C(=O)OC. The Kier molecular flexibility index (Phi) is 5.26. The molecule has 6 heteroatoms. The van der Waals surface area contributed by atoms with Gasteiger partial charge in [-0.3, -0.25) is 9.59 Å². The number of fused-ring (bicyclic) bond motifs is 1. The molecule has 0 N–H and O–H groups in total. The van der Waals surface area contributed by atoms with E-state index < -0.39 is 17.9 Å². The molecule has 0 spiro atoms. The number of methoxy groups -OCH3 is 3. The van der Waals surface area contributed by atoms with Crippen LogP contribution >= 0.6 is 0 Å². The van der Waals surface area contributed by atoms with Crippen molar-refractivity contribution in [3.63, 3.8) is 0 Å². The van der Waals surface area contributed by atoms with Gasteiger partial charge in [-0.2, -0.15) is 0 Å². The number of esters is 2. The van der Waals surface area contributed by atoms with E-state index in [2.05, 4.69) is 9.47 Å². The van der Waals surface area contributed by atoms with Crippen LogP contribution in [-0.4, -0.2) is 37.8 Å². The molecule has 1 aromatic heterocycles. The van der Waals surface area contributed by atoms with E-state index in [0.717, 1.165) is 22.2 Å². The Morgan fingerprint density at radius 3 is 2.35 bits per heavy atom. The average Bonchev–Trinajstić information content (AvgIpc) is 2.89. The van der Waals surface area contributed by atoms with E-state index in [4.69, 9.17) is 4.74 Å². The van der Waals surface area contributed by atoms with Crippen LogP contribution in [0.5, 0.6) is 5.75 Å². The number of hydrogen-bond donors (Lipinski definition) is 0. The highest BCUT2D eigenvalue weighted by Crippen LogP contribution is 2.27. The Hall–Kier alpha value is -2.50. The smallest absolute Gasteiger partial charge is 0.320 e. The van der Waals surface area contributed by atoms with Gasteiger partial charge < -0.3 is 18.8 Å². The summed E-state index contributed by atoms with van der Waals surface area (Å²) in [5, 5.41) is 1.04. The molecule has 124 valence electrons. The van der Waals surface area contributed by atoms with E-state index in [9.17, 15) is 9.59 Å². The average molecular weight is 319 g/mol. The van der Waals surface area contributed by atoms with Gasteiger partial charge in [-0.1, -0.05) is 0 Å². The van der Waals surface area contributed by atoms with Gasteiger partial charge in [0, 0.05) is 24.1 Å². The van der Waals surface area contributed by atoms with Crippen molar-refractivity contribution in [3.8, 4) is 5.75 Å². The second-order valence-electron chi connectivity index (χ2n) is 5.29. The molecule has 0 fully saturated rings. The molecule has 0 bridgehead atoms. The van der Waals surface area contributed by atoms with Gasteiger partial charge in [0.1, 0.15) is 5.75 Å². The number of nitrogens with zero attached hydrogens (tertiary/aromatic N) is 1. The van der Waals surface area contributed by atoms with Crippen molar-refractivity contribution in [3.05, 3.63) is 30.0 Å². The van der Waals surface area contributed by atoms with Gasteiger partial charge >= 0.3 is 11.9 Å². The van der Waals surface area contributed by atoms with Crippen LogP contribution in [0.15, 0.2) is 24.4 Å². The first-order valence-corrected chi connectivity index (χ1v) is 7.29. The zero-order valence-corrected chi connectivity index (χ0v) is 13.8. The fraction of sp³-hybridized carbons (Fsp3) is 0.412. The van der Waals surface area contributed by atoms with Gasteiger partial charge in [0.2, 0.25) is 0 Å². The number of rotatable bonds is 6. The normalized spacial score (nSPS) is 10.8. The zero-order chi connectivity index (χ0) is 17.0. The molecule has 1 aromatic carbocycles. The highest BCUT2D eigenvalue weighted by Gasteiger charge is 2.28. The lowest BCUT2D eigenvalue weighted by atomic mass is 9.99. The van der Waals surface area contributed by atoms with Crippen molar-refractivity contribution < 1.29 is 23.8 Å². The number of carbonyl (C=O) groups is 2. The molecule has 0 aliphatic rings. The Morgan fingerprint density at radius 1 is 1.13 bits per heavy atom. The van der Waals surface area contributed by atoms with Gasteiger partial charge in [0.05, 0.1) is 21.3 Å². The second-order valence-corrected chi connectivity index (χ2v) is 5.29. The second kappa shape index (κ2) is 7.17. The van der Waals surface area contributed by atoms with Gasteiger partial charge in [-0.25, -0.2) is 0 Å². The maximum atomic E-state index is 11.8. The van der Waals surface area contributed by atoms with Gasteiger partial charge in [0.25, 0.3) is 0 Å². The fourth-order valence-electron chi connectivity index (χ4n) is 2.70. The number of carbonyl (C=O) groups excluding carboxylic acids is 2. The van der Waals surface area contributed by atoms with Crippen LogP contribution in [-0.2, 0) is 32.5 Å². The van der Waals surface area contributed by atoms with E-state index >= 15 is 0 Å². The van der Waals surface area contributed by atoms with Crippen molar-refractivity contribution in [2.75, 3.05) is 21.3 Å². The molecule has 0 aliphatic carbocycles. The minimum Gasteiger partial charge on any atom is -0.497 e. The minimum atomic E-state index is -0.911. The van der Waals surface area contributed by atoms with Crippen molar-refractivity contribution in [2.24, 2.45) is 13.0 Å². The molecule has 2 rings (SSSR count). The van der Waals surface area contributed by atoms with Crippen LogP contribution in [0.25, 0.3) is 10.9 Å². The molecular formula is C17H21NO5. The summed E-state index contributed by atoms with van der Waals surface area (Å²) in [4.78, 5) is 23.5. The lowest BCUT2D eigenvalue weighted by molar-refractivity contribution is -0.159. The van der Waals surface area contributed by atoms with E-state index in [1.54, 1.807) is 7.11 Å². The number of aromatic nitrogens is 1. The van der Waals surface area contributed by atoms with Crippen molar-refractivity contribution >= 4 is 22.8 Å². The summed E-state index contributed by atoms with van der Waals surface area (Å²) in [6.45, 7) is 0. The molecule has 0 aliphatic heterocycles. The monoisotopic (exact) mass is 319 g/mol. The quantitative estimate of drug-likeness (QED) is 0.602. The number of ether oxygens (including phenoxy) is 3. The molecule has 0 radical (unpaired) electrons. The van der Waals surface area contributed by atoms with E-state index in [1.165, 1.54) is 14.2 Å². The Morgan fingerprint density at radius 2 is 1.78 bits per heavy atom. The Balaban J connectivity index is 2.26. The molecular weight excluding hydrogens is 298 g/mol. The molecule has 0 saturated carbocycles. The minimum absolute atomic E-state index is 0.329. The van der Waals surface area contributed by atoms with E-state index in [-0.39, 0.29) is 0 Å². The zero-order valence-electron chi connectivity index (χ0n) is 13.8. The molecule has 0 unspecified atom stereocenters. The summed E-state index contributed by atoms with van der Waals surface area (Å²) in [6.07, 6.45) is 2.88. The summed E-state index contributed by atoms with van der Waals surface area (Å²) in [5.74, 6) is -1.29. The molecule has 1 heterocycles. The number of hydrogen-bond acceptors (Lipinski definition) is 5.